The predicted octanol–water partition coefficient (Wildman–Crippen LogP) is 1.01. The Hall–Kier alpha value is -1.85. The van der Waals surface area contributed by atoms with Crippen molar-refractivity contribution >= 4 is 11.9 Å². The first-order chi connectivity index (χ1) is 8.19. The van der Waals surface area contributed by atoms with Crippen LogP contribution >= 0.6 is 0 Å². The van der Waals surface area contributed by atoms with E-state index >= 15 is 0 Å². The van der Waals surface area contributed by atoms with Crippen LogP contribution in [0.1, 0.15) is 29.8 Å². The Balaban J connectivity index is 2.39. The lowest BCUT2D eigenvalue weighted by molar-refractivity contribution is -0.140. The third kappa shape index (κ3) is 3.90. The molecule has 6 heteroatoms. The Morgan fingerprint density at radius 1 is 1.29 bits per heavy atom. The Morgan fingerprint density at radius 2 is 2.06 bits per heavy atom. The van der Waals surface area contributed by atoms with Gasteiger partial charge >= 0.3 is 11.9 Å². The molecule has 1 aromatic heterocycles. The highest BCUT2D eigenvalue weighted by Gasteiger charge is 2.11. The molecule has 1 rings (SSSR count). The molecule has 0 N–H and O–H groups in total. The van der Waals surface area contributed by atoms with E-state index in [4.69, 9.17) is 0 Å². The highest BCUT2D eigenvalue weighted by molar-refractivity contribution is 5.87. The second kappa shape index (κ2) is 6.67. The van der Waals surface area contributed by atoms with Crippen LogP contribution in [0.2, 0.25) is 0 Å². The van der Waals surface area contributed by atoms with Crippen LogP contribution in [0.5, 0.6) is 0 Å². The van der Waals surface area contributed by atoms with Crippen LogP contribution in [-0.4, -0.2) is 35.7 Å². The third-order valence-electron chi connectivity index (χ3n) is 2.36. The zero-order chi connectivity index (χ0) is 12.7. The van der Waals surface area contributed by atoms with Crippen LogP contribution in [0.25, 0.3) is 0 Å². The van der Waals surface area contributed by atoms with E-state index in [1.807, 2.05) is 0 Å². The molecule has 0 saturated heterocycles. The molecule has 94 valence electrons. The van der Waals surface area contributed by atoms with Gasteiger partial charge in [0.05, 0.1) is 26.7 Å². The summed E-state index contributed by atoms with van der Waals surface area (Å²) in [6, 6.07) is 0. The van der Waals surface area contributed by atoms with E-state index in [9.17, 15) is 9.59 Å². The Kier molecular flexibility index (Phi) is 5.19. The molecular weight excluding hydrogens is 224 g/mol. The maximum absolute atomic E-state index is 11.3. The minimum Gasteiger partial charge on any atom is -0.469 e. The summed E-state index contributed by atoms with van der Waals surface area (Å²) < 4.78 is 10.9. The monoisotopic (exact) mass is 240 g/mol. The molecule has 0 amide bonds. The standard InChI is InChI=1S/C11H16N2O4/c1-16-10(14)5-3-4-6-13-8-12-7-9(13)11(15)17-2/h7-8H,3-6H2,1-2H3. The lowest BCUT2D eigenvalue weighted by Gasteiger charge is -2.05. The molecule has 6 nitrogen and oxygen atoms in total. The zero-order valence-electron chi connectivity index (χ0n) is 10.0. The SMILES string of the molecule is COC(=O)CCCCn1cncc1C(=O)OC. The smallest absolute Gasteiger partial charge is 0.356 e. The number of aromatic nitrogens is 2. The van der Waals surface area contributed by atoms with Crippen LogP contribution in [0, 0.1) is 0 Å². The highest BCUT2D eigenvalue weighted by Crippen LogP contribution is 2.05. The lowest BCUT2D eigenvalue weighted by Crippen LogP contribution is -2.10. The fourth-order valence-corrected chi connectivity index (χ4v) is 1.43. The van der Waals surface area contributed by atoms with Crippen molar-refractivity contribution in [1.29, 1.82) is 0 Å². The number of nitrogens with zero attached hydrogens (tertiary/aromatic N) is 2. The van der Waals surface area contributed by atoms with Crippen LogP contribution in [-0.2, 0) is 20.8 Å². The van der Waals surface area contributed by atoms with Gasteiger partial charge in [-0.1, -0.05) is 0 Å². The van der Waals surface area contributed by atoms with Crippen molar-refractivity contribution in [2.24, 2.45) is 0 Å². The number of ether oxygens (including phenoxy) is 2. The largest absolute Gasteiger partial charge is 0.469 e. The van der Waals surface area contributed by atoms with Gasteiger partial charge < -0.3 is 14.0 Å². The molecule has 0 spiro atoms. The van der Waals surface area contributed by atoms with Gasteiger partial charge in [-0.2, -0.15) is 0 Å². The normalized spacial score (nSPS) is 10.0. The van der Waals surface area contributed by atoms with Gasteiger partial charge in [-0.15, -0.1) is 0 Å². The number of methoxy groups -OCH3 is 2. The maximum atomic E-state index is 11.3. The molecule has 0 saturated carbocycles. The van der Waals surface area contributed by atoms with Crippen LogP contribution < -0.4 is 0 Å². The zero-order valence-corrected chi connectivity index (χ0v) is 10.0. The van der Waals surface area contributed by atoms with E-state index in [-0.39, 0.29) is 5.97 Å². The highest BCUT2D eigenvalue weighted by atomic mass is 16.5. The molecule has 0 aliphatic heterocycles. The molecule has 17 heavy (non-hydrogen) atoms. The van der Waals surface area contributed by atoms with Gasteiger partial charge in [0.25, 0.3) is 0 Å². The molecule has 0 aliphatic carbocycles. The Bertz CT molecular complexity index is 387. The average molecular weight is 240 g/mol. The number of hydrogen-bond donors (Lipinski definition) is 0. The molecule has 0 atom stereocenters. The number of rotatable bonds is 6. The summed E-state index contributed by atoms with van der Waals surface area (Å²) in [5, 5.41) is 0. The molecule has 0 radical (unpaired) electrons. The van der Waals surface area contributed by atoms with E-state index in [1.54, 1.807) is 10.9 Å². The first-order valence-electron chi connectivity index (χ1n) is 5.34. The topological polar surface area (TPSA) is 70.4 Å². The third-order valence-corrected chi connectivity index (χ3v) is 2.36. The van der Waals surface area contributed by atoms with E-state index in [0.717, 1.165) is 6.42 Å². The summed E-state index contributed by atoms with van der Waals surface area (Å²) in [5.41, 5.74) is 0.422. The molecule has 0 aromatic carbocycles. The second-order valence-electron chi connectivity index (χ2n) is 3.50. The number of hydrogen-bond acceptors (Lipinski definition) is 5. The summed E-state index contributed by atoms with van der Waals surface area (Å²) in [5.74, 6) is -0.626. The first-order valence-corrected chi connectivity index (χ1v) is 5.34. The van der Waals surface area contributed by atoms with Crippen molar-refractivity contribution in [3.8, 4) is 0 Å². The molecule has 0 unspecified atom stereocenters. The number of carbonyl (C=O) groups excluding carboxylic acids is 2. The first kappa shape index (κ1) is 13.2. The molecule has 1 aromatic rings. The Morgan fingerprint density at radius 3 is 2.71 bits per heavy atom. The van der Waals surface area contributed by atoms with Gasteiger partial charge in [0, 0.05) is 13.0 Å². The number of esters is 2. The van der Waals surface area contributed by atoms with E-state index in [1.165, 1.54) is 20.4 Å². The summed E-state index contributed by atoms with van der Waals surface area (Å²) in [4.78, 5) is 26.1. The van der Waals surface area contributed by atoms with Crippen molar-refractivity contribution in [2.45, 2.75) is 25.8 Å². The minimum atomic E-state index is -0.407. The fourth-order valence-electron chi connectivity index (χ4n) is 1.43. The maximum Gasteiger partial charge on any atom is 0.356 e. The van der Waals surface area contributed by atoms with E-state index in [2.05, 4.69) is 14.5 Å². The van der Waals surface area contributed by atoms with Crippen molar-refractivity contribution < 1.29 is 19.1 Å². The van der Waals surface area contributed by atoms with Crippen molar-refractivity contribution in [3.63, 3.8) is 0 Å². The molecule has 0 fully saturated rings. The summed E-state index contributed by atoms with van der Waals surface area (Å²) in [6.07, 6.45) is 4.91. The number of unbranched alkanes of at least 4 members (excludes halogenated alkanes) is 1. The van der Waals surface area contributed by atoms with Crippen LogP contribution in [0.15, 0.2) is 12.5 Å². The number of imidazole rings is 1. The molecule has 0 bridgehead atoms. The van der Waals surface area contributed by atoms with Gasteiger partial charge in [0.15, 0.2) is 0 Å². The van der Waals surface area contributed by atoms with Crippen LogP contribution in [0.3, 0.4) is 0 Å². The van der Waals surface area contributed by atoms with Crippen LogP contribution in [0.4, 0.5) is 0 Å². The predicted molar refractivity (Wildman–Crippen MR) is 59.4 cm³/mol. The van der Waals surface area contributed by atoms with Crippen molar-refractivity contribution in [2.75, 3.05) is 14.2 Å². The van der Waals surface area contributed by atoms with Gasteiger partial charge in [-0.3, -0.25) is 4.79 Å². The molecule has 0 aliphatic rings. The Labute approximate surface area is 99.5 Å². The van der Waals surface area contributed by atoms with Gasteiger partial charge in [-0.05, 0) is 12.8 Å². The second-order valence-corrected chi connectivity index (χ2v) is 3.50. The molecule has 1 heterocycles. The summed E-state index contributed by atoms with van der Waals surface area (Å²) in [6.45, 7) is 0.626. The number of aryl methyl sites for hydroxylation is 1. The quantitative estimate of drug-likeness (QED) is 0.548. The number of carbonyl (C=O) groups is 2. The van der Waals surface area contributed by atoms with Gasteiger partial charge in [0.2, 0.25) is 0 Å². The van der Waals surface area contributed by atoms with E-state index < -0.39 is 5.97 Å². The average Bonchev–Trinajstić information content (AvgIpc) is 2.81. The fraction of sp³-hybridized carbons (Fsp3) is 0.545. The van der Waals surface area contributed by atoms with E-state index in [0.29, 0.717) is 25.1 Å². The van der Waals surface area contributed by atoms with Gasteiger partial charge in [0.1, 0.15) is 5.69 Å². The van der Waals surface area contributed by atoms with Gasteiger partial charge in [-0.25, -0.2) is 9.78 Å². The molecular formula is C11H16N2O4. The van der Waals surface area contributed by atoms with Crippen molar-refractivity contribution in [3.05, 3.63) is 18.2 Å². The van der Waals surface area contributed by atoms with Crippen molar-refractivity contribution in [1.82, 2.24) is 9.55 Å². The summed E-state index contributed by atoms with van der Waals surface area (Å²) >= 11 is 0. The minimum absolute atomic E-state index is 0.219. The lowest BCUT2D eigenvalue weighted by atomic mass is 10.2. The summed E-state index contributed by atoms with van der Waals surface area (Å²) in [7, 11) is 2.70.